The average molecular weight is 251 g/mol. The first-order valence-corrected chi connectivity index (χ1v) is 7.31. The summed E-state index contributed by atoms with van der Waals surface area (Å²) >= 11 is 0. The molecule has 0 radical (unpaired) electrons. The Kier molecular flexibility index (Phi) is 6.59. The van der Waals surface area contributed by atoms with Gasteiger partial charge >= 0.3 is 5.97 Å². The quantitative estimate of drug-likeness (QED) is 0.655. The largest absolute Gasteiger partial charge is 0.468 e. The van der Waals surface area contributed by atoms with Crippen LogP contribution in [0.3, 0.4) is 0 Å². The van der Waals surface area contributed by atoms with E-state index < -0.39 is 15.9 Å². The van der Waals surface area contributed by atoms with Crippen LogP contribution in [0.4, 0.5) is 0 Å². The summed E-state index contributed by atoms with van der Waals surface area (Å²) in [4.78, 5) is 11.4. The zero-order chi connectivity index (χ0) is 12.8. The molecule has 0 bridgehead atoms. The lowest BCUT2D eigenvalue weighted by Gasteiger charge is -2.17. The van der Waals surface area contributed by atoms with Crippen molar-refractivity contribution >= 4 is 15.8 Å². The molecule has 1 unspecified atom stereocenters. The Labute approximate surface area is 97.5 Å². The third kappa shape index (κ3) is 7.64. The molecule has 1 atom stereocenters. The summed E-state index contributed by atoms with van der Waals surface area (Å²) in [6.45, 7) is 4.26. The van der Waals surface area contributed by atoms with E-state index in [4.69, 9.17) is 0 Å². The van der Waals surface area contributed by atoms with Crippen LogP contribution in [0.2, 0.25) is 0 Å². The Balaban J connectivity index is 4.17. The molecule has 0 aliphatic carbocycles. The Morgan fingerprint density at radius 3 is 2.31 bits per heavy atom. The normalized spacial score (nSPS) is 13.8. The molecule has 0 aromatic heterocycles. The van der Waals surface area contributed by atoms with Gasteiger partial charge in [-0.1, -0.05) is 13.8 Å². The highest BCUT2D eigenvalue weighted by Crippen LogP contribution is 2.05. The Hall–Kier alpha value is -0.620. The molecule has 0 aromatic carbocycles. The van der Waals surface area contributed by atoms with Gasteiger partial charge in [0.05, 0.1) is 12.9 Å². The molecule has 5 nitrogen and oxygen atoms in total. The fraction of sp³-hybridized carbons (Fsp3) is 0.900. The minimum atomic E-state index is -3.00. The van der Waals surface area contributed by atoms with Crippen LogP contribution in [0.5, 0.6) is 0 Å². The van der Waals surface area contributed by atoms with Crippen molar-refractivity contribution in [2.75, 3.05) is 25.7 Å². The molecular formula is C10H21NO4S. The number of hydrogen-bond donors (Lipinski definition) is 1. The average Bonchev–Trinajstić information content (AvgIpc) is 2.12. The Morgan fingerprint density at radius 2 is 1.94 bits per heavy atom. The summed E-state index contributed by atoms with van der Waals surface area (Å²) in [5.74, 6) is 0.0236. The molecule has 0 heterocycles. The van der Waals surface area contributed by atoms with Gasteiger partial charge in [-0.15, -0.1) is 0 Å². The van der Waals surface area contributed by atoms with Gasteiger partial charge in [-0.2, -0.15) is 0 Å². The monoisotopic (exact) mass is 251 g/mol. The highest BCUT2D eigenvalue weighted by atomic mass is 32.2. The van der Waals surface area contributed by atoms with Crippen molar-refractivity contribution < 1.29 is 17.9 Å². The standard InChI is InChI=1S/C10H21NO4S/c1-8(2)7-9(10(12)15-3)11-5-6-16(4,13)14/h8-9,11H,5-7H2,1-4H3. The smallest absolute Gasteiger partial charge is 0.322 e. The van der Waals surface area contributed by atoms with Crippen LogP contribution >= 0.6 is 0 Å². The van der Waals surface area contributed by atoms with Gasteiger partial charge in [-0.25, -0.2) is 8.42 Å². The van der Waals surface area contributed by atoms with Crippen molar-refractivity contribution in [2.45, 2.75) is 26.3 Å². The molecule has 0 rings (SSSR count). The van der Waals surface area contributed by atoms with Crippen molar-refractivity contribution in [3.63, 3.8) is 0 Å². The molecule has 0 spiro atoms. The van der Waals surface area contributed by atoms with Gasteiger partial charge in [0.1, 0.15) is 15.9 Å². The number of esters is 1. The van der Waals surface area contributed by atoms with Crippen molar-refractivity contribution in [3.05, 3.63) is 0 Å². The first-order valence-electron chi connectivity index (χ1n) is 5.25. The van der Waals surface area contributed by atoms with Crippen LogP contribution in [0, 0.1) is 5.92 Å². The highest BCUT2D eigenvalue weighted by molar-refractivity contribution is 7.90. The molecule has 0 saturated heterocycles. The van der Waals surface area contributed by atoms with Gasteiger partial charge in [0.2, 0.25) is 0 Å². The Morgan fingerprint density at radius 1 is 1.38 bits per heavy atom. The van der Waals surface area contributed by atoms with Crippen LogP contribution in [0.1, 0.15) is 20.3 Å². The van der Waals surface area contributed by atoms with Crippen LogP contribution in [0.15, 0.2) is 0 Å². The molecule has 0 amide bonds. The predicted octanol–water partition coefficient (Wildman–Crippen LogP) is 0.208. The topological polar surface area (TPSA) is 72.5 Å². The van der Waals surface area contributed by atoms with E-state index in [1.807, 2.05) is 13.8 Å². The van der Waals surface area contributed by atoms with Crippen molar-refractivity contribution in [2.24, 2.45) is 5.92 Å². The molecule has 1 N–H and O–H groups in total. The van der Waals surface area contributed by atoms with Gasteiger partial charge in [-0.05, 0) is 12.3 Å². The van der Waals surface area contributed by atoms with E-state index in [-0.39, 0.29) is 18.3 Å². The van der Waals surface area contributed by atoms with Gasteiger partial charge < -0.3 is 10.1 Å². The van der Waals surface area contributed by atoms with Crippen molar-refractivity contribution in [3.8, 4) is 0 Å². The molecule has 0 aromatic rings. The van der Waals surface area contributed by atoms with E-state index in [1.165, 1.54) is 13.4 Å². The van der Waals surface area contributed by atoms with Crippen LogP contribution < -0.4 is 5.32 Å². The maximum Gasteiger partial charge on any atom is 0.322 e. The number of nitrogens with one attached hydrogen (secondary N) is 1. The lowest BCUT2D eigenvalue weighted by molar-refractivity contribution is -0.143. The van der Waals surface area contributed by atoms with E-state index in [0.717, 1.165) is 0 Å². The summed E-state index contributed by atoms with van der Waals surface area (Å²) in [6.07, 6.45) is 1.81. The predicted molar refractivity (Wildman–Crippen MR) is 63.0 cm³/mol. The minimum absolute atomic E-state index is 0.0264. The number of sulfone groups is 1. The van der Waals surface area contributed by atoms with Gasteiger partial charge in [-0.3, -0.25) is 4.79 Å². The number of rotatable bonds is 7. The summed E-state index contributed by atoms with van der Waals surface area (Å²) in [6, 6.07) is -0.424. The number of carbonyl (C=O) groups excluding carboxylic acids is 1. The fourth-order valence-corrected chi connectivity index (χ4v) is 1.78. The third-order valence-corrected chi connectivity index (χ3v) is 3.00. The summed E-state index contributed by atoms with van der Waals surface area (Å²) in [7, 11) is -1.67. The van der Waals surface area contributed by atoms with Crippen LogP contribution in [-0.2, 0) is 19.4 Å². The number of hydrogen-bond acceptors (Lipinski definition) is 5. The van der Waals surface area contributed by atoms with Crippen LogP contribution in [0.25, 0.3) is 0 Å². The molecule has 96 valence electrons. The SMILES string of the molecule is COC(=O)C(CC(C)C)NCCS(C)(=O)=O. The molecule has 0 aliphatic rings. The van der Waals surface area contributed by atoms with E-state index in [0.29, 0.717) is 12.3 Å². The zero-order valence-electron chi connectivity index (χ0n) is 10.3. The molecule has 6 heteroatoms. The zero-order valence-corrected chi connectivity index (χ0v) is 11.1. The molecule has 0 aliphatic heterocycles. The summed E-state index contributed by atoms with van der Waals surface area (Å²) in [5.41, 5.74) is 0. The lowest BCUT2D eigenvalue weighted by atomic mass is 10.0. The molecule has 0 saturated carbocycles. The van der Waals surface area contributed by atoms with E-state index in [2.05, 4.69) is 10.1 Å². The summed E-state index contributed by atoms with van der Waals surface area (Å²) < 4.78 is 26.5. The van der Waals surface area contributed by atoms with E-state index >= 15 is 0 Å². The van der Waals surface area contributed by atoms with Gasteiger partial charge in [0, 0.05) is 12.8 Å². The van der Waals surface area contributed by atoms with Crippen molar-refractivity contribution in [1.29, 1.82) is 0 Å². The Bertz CT molecular complexity index is 311. The lowest BCUT2D eigenvalue weighted by Crippen LogP contribution is -2.40. The maximum atomic E-state index is 11.4. The van der Waals surface area contributed by atoms with Gasteiger partial charge in [0.25, 0.3) is 0 Å². The highest BCUT2D eigenvalue weighted by Gasteiger charge is 2.19. The first kappa shape index (κ1) is 15.4. The first-order chi connectivity index (χ1) is 7.26. The number of carbonyl (C=O) groups is 1. The number of ether oxygens (including phenoxy) is 1. The minimum Gasteiger partial charge on any atom is -0.468 e. The van der Waals surface area contributed by atoms with Crippen LogP contribution in [-0.4, -0.2) is 46.1 Å². The van der Waals surface area contributed by atoms with E-state index in [9.17, 15) is 13.2 Å². The third-order valence-electron chi connectivity index (χ3n) is 2.06. The number of methoxy groups -OCH3 is 1. The van der Waals surface area contributed by atoms with E-state index in [1.54, 1.807) is 0 Å². The molecular weight excluding hydrogens is 230 g/mol. The van der Waals surface area contributed by atoms with Crippen molar-refractivity contribution in [1.82, 2.24) is 5.32 Å². The van der Waals surface area contributed by atoms with Gasteiger partial charge in [0.15, 0.2) is 0 Å². The second-order valence-electron chi connectivity index (χ2n) is 4.29. The molecule has 16 heavy (non-hydrogen) atoms. The second kappa shape index (κ2) is 6.85. The maximum absolute atomic E-state index is 11.4. The fourth-order valence-electron chi connectivity index (χ4n) is 1.30. The second-order valence-corrected chi connectivity index (χ2v) is 6.55. The summed E-state index contributed by atoms with van der Waals surface area (Å²) in [5, 5.41) is 2.90. The molecule has 0 fully saturated rings.